The fraction of sp³-hybridized carbons (Fsp3) is 0.538. The van der Waals surface area contributed by atoms with Crippen molar-refractivity contribution in [3.8, 4) is 0 Å². The van der Waals surface area contributed by atoms with Crippen molar-refractivity contribution in [2.24, 2.45) is 0 Å². The molecule has 1 N–H and O–H groups in total. The van der Waals surface area contributed by atoms with Gasteiger partial charge in [-0.2, -0.15) is 0 Å². The second-order valence-corrected chi connectivity index (χ2v) is 9.22. The van der Waals surface area contributed by atoms with Crippen molar-refractivity contribution in [1.82, 2.24) is 5.32 Å². The Labute approximate surface area is 120 Å². The van der Waals surface area contributed by atoms with Gasteiger partial charge in [-0.1, -0.05) is 12.5 Å². The molecule has 0 spiro atoms. The molecular weight excluding hydrogens is 298 g/mol. The lowest BCUT2D eigenvalue weighted by Crippen LogP contribution is -2.27. The van der Waals surface area contributed by atoms with Gasteiger partial charge in [0, 0.05) is 18.6 Å². The average Bonchev–Trinajstić information content (AvgIpc) is 2.37. The molecule has 20 heavy (non-hydrogen) atoms. The maximum absolute atomic E-state index is 11.9. The first kappa shape index (κ1) is 15.5. The van der Waals surface area contributed by atoms with Crippen molar-refractivity contribution >= 4 is 19.7 Å². The highest BCUT2D eigenvalue weighted by Gasteiger charge is 2.23. The van der Waals surface area contributed by atoms with E-state index < -0.39 is 19.7 Å². The number of piperidine rings is 1. The Morgan fingerprint density at radius 1 is 1.00 bits per heavy atom. The second-order valence-electron chi connectivity index (χ2n) is 5.25. The van der Waals surface area contributed by atoms with Gasteiger partial charge in [0.2, 0.25) is 0 Å². The van der Waals surface area contributed by atoms with Gasteiger partial charge in [-0.25, -0.2) is 16.8 Å². The Bertz CT molecular complexity index is 702. The largest absolute Gasteiger partial charge is 0.310 e. The Hall–Kier alpha value is -0.920. The third kappa shape index (κ3) is 3.39. The molecule has 0 aliphatic carbocycles. The van der Waals surface area contributed by atoms with E-state index >= 15 is 0 Å². The van der Waals surface area contributed by atoms with Crippen LogP contribution in [0.5, 0.6) is 0 Å². The number of sulfone groups is 2. The topological polar surface area (TPSA) is 80.3 Å². The third-order valence-corrected chi connectivity index (χ3v) is 5.90. The SMILES string of the molecule is CS(=O)(=O)c1ccc(C2CCCCN2)cc1S(C)(=O)=O. The molecule has 1 aliphatic rings. The lowest BCUT2D eigenvalue weighted by atomic mass is 9.98. The van der Waals surface area contributed by atoms with Crippen LogP contribution in [0.1, 0.15) is 30.9 Å². The smallest absolute Gasteiger partial charge is 0.176 e. The highest BCUT2D eigenvalue weighted by atomic mass is 32.2. The summed E-state index contributed by atoms with van der Waals surface area (Å²) in [6, 6.07) is 4.69. The zero-order valence-corrected chi connectivity index (χ0v) is 13.2. The lowest BCUT2D eigenvalue weighted by molar-refractivity contribution is 0.411. The standard InChI is InChI=1S/C13H19NO4S2/c1-19(15,16)12-7-6-10(9-13(12)20(2,17)18)11-5-3-4-8-14-11/h6-7,9,11,14H,3-5,8H2,1-2H3. The molecule has 112 valence electrons. The van der Waals surface area contributed by atoms with Crippen LogP contribution in [-0.4, -0.2) is 35.9 Å². The zero-order valence-electron chi connectivity index (χ0n) is 11.6. The highest BCUT2D eigenvalue weighted by Crippen LogP contribution is 2.28. The minimum Gasteiger partial charge on any atom is -0.310 e. The number of hydrogen-bond donors (Lipinski definition) is 1. The van der Waals surface area contributed by atoms with E-state index in [0.717, 1.165) is 43.9 Å². The van der Waals surface area contributed by atoms with Crippen molar-refractivity contribution in [3.05, 3.63) is 23.8 Å². The molecule has 1 atom stereocenters. The highest BCUT2D eigenvalue weighted by molar-refractivity contribution is 7.93. The molecule has 1 heterocycles. The van der Waals surface area contributed by atoms with Crippen LogP contribution in [0.15, 0.2) is 28.0 Å². The van der Waals surface area contributed by atoms with Crippen LogP contribution in [0.25, 0.3) is 0 Å². The van der Waals surface area contributed by atoms with E-state index in [0.29, 0.717) is 0 Å². The van der Waals surface area contributed by atoms with Gasteiger partial charge in [0.15, 0.2) is 19.7 Å². The van der Waals surface area contributed by atoms with Crippen molar-refractivity contribution in [2.75, 3.05) is 19.1 Å². The molecule has 1 fully saturated rings. The van der Waals surface area contributed by atoms with E-state index in [2.05, 4.69) is 5.32 Å². The van der Waals surface area contributed by atoms with Gasteiger partial charge < -0.3 is 5.32 Å². The van der Waals surface area contributed by atoms with E-state index in [9.17, 15) is 16.8 Å². The van der Waals surface area contributed by atoms with Crippen molar-refractivity contribution in [3.63, 3.8) is 0 Å². The van der Waals surface area contributed by atoms with E-state index in [1.165, 1.54) is 12.1 Å². The quantitative estimate of drug-likeness (QED) is 0.909. The van der Waals surface area contributed by atoms with E-state index in [1.54, 1.807) is 6.07 Å². The normalized spacial score (nSPS) is 20.8. The Balaban J connectivity index is 2.55. The summed E-state index contributed by atoms with van der Waals surface area (Å²) in [5.41, 5.74) is 0.831. The predicted octanol–water partition coefficient (Wildman–Crippen LogP) is 1.31. The lowest BCUT2D eigenvalue weighted by Gasteiger charge is -2.24. The second kappa shape index (κ2) is 5.46. The first-order valence-corrected chi connectivity index (χ1v) is 10.3. The molecule has 0 saturated carbocycles. The summed E-state index contributed by atoms with van der Waals surface area (Å²) in [4.78, 5) is -0.232. The summed E-state index contributed by atoms with van der Waals surface area (Å²) in [5, 5.41) is 3.33. The molecule has 2 rings (SSSR count). The van der Waals surface area contributed by atoms with Crippen molar-refractivity contribution in [2.45, 2.75) is 35.1 Å². The van der Waals surface area contributed by atoms with E-state index in [1.807, 2.05) is 0 Å². The van der Waals surface area contributed by atoms with Crippen LogP contribution >= 0.6 is 0 Å². The summed E-state index contributed by atoms with van der Waals surface area (Å²) in [7, 11) is -7.15. The fourth-order valence-electron chi connectivity index (χ4n) is 2.47. The maximum Gasteiger partial charge on any atom is 0.176 e. The van der Waals surface area contributed by atoms with Gasteiger partial charge in [0.05, 0.1) is 9.79 Å². The van der Waals surface area contributed by atoms with Crippen LogP contribution in [0.3, 0.4) is 0 Å². The van der Waals surface area contributed by atoms with Crippen LogP contribution in [0, 0.1) is 0 Å². The minimum absolute atomic E-state index is 0.0952. The molecule has 7 heteroatoms. The Kier molecular flexibility index (Phi) is 4.22. The first-order valence-electron chi connectivity index (χ1n) is 6.47. The summed E-state index contributed by atoms with van der Waals surface area (Å²) >= 11 is 0. The van der Waals surface area contributed by atoms with Crippen LogP contribution in [-0.2, 0) is 19.7 Å². The zero-order chi connectivity index (χ0) is 15.0. The number of benzene rings is 1. The number of rotatable bonds is 3. The minimum atomic E-state index is -3.58. The van der Waals surface area contributed by atoms with Gasteiger partial charge in [-0.05, 0) is 37.1 Å². The number of hydrogen-bond acceptors (Lipinski definition) is 5. The molecule has 1 aliphatic heterocycles. The predicted molar refractivity (Wildman–Crippen MR) is 77.3 cm³/mol. The average molecular weight is 317 g/mol. The van der Waals surface area contributed by atoms with Crippen LogP contribution in [0.4, 0.5) is 0 Å². The third-order valence-electron chi connectivity index (χ3n) is 3.48. The van der Waals surface area contributed by atoms with Crippen LogP contribution < -0.4 is 5.32 Å². The van der Waals surface area contributed by atoms with Crippen molar-refractivity contribution in [1.29, 1.82) is 0 Å². The van der Waals surface area contributed by atoms with E-state index in [4.69, 9.17) is 0 Å². The fourth-order valence-corrected chi connectivity index (χ4v) is 4.91. The summed E-state index contributed by atoms with van der Waals surface area (Å²) in [6.07, 6.45) is 5.18. The molecule has 1 unspecified atom stereocenters. The molecule has 1 aromatic carbocycles. The van der Waals surface area contributed by atoms with Gasteiger partial charge in [0.1, 0.15) is 0 Å². The summed E-state index contributed by atoms with van der Waals surface area (Å²) in [6.45, 7) is 0.896. The summed E-state index contributed by atoms with van der Waals surface area (Å²) in [5.74, 6) is 0. The van der Waals surface area contributed by atoms with Gasteiger partial charge >= 0.3 is 0 Å². The summed E-state index contributed by atoms with van der Waals surface area (Å²) < 4.78 is 47.1. The van der Waals surface area contributed by atoms with Gasteiger partial charge in [0.25, 0.3) is 0 Å². The molecule has 1 saturated heterocycles. The Morgan fingerprint density at radius 2 is 1.65 bits per heavy atom. The Morgan fingerprint density at radius 3 is 2.15 bits per heavy atom. The number of nitrogens with one attached hydrogen (secondary N) is 1. The molecule has 1 aromatic rings. The molecule has 0 amide bonds. The molecule has 0 radical (unpaired) electrons. The first-order chi connectivity index (χ1) is 9.19. The maximum atomic E-state index is 11.9. The molecular formula is C13H19NO4S2. The van der Waals surface area contributed by atoms with Gasteiger partial charge in [-0.15, -0.1) is 0 Å². The molecule has 0 bridgehead atoms. The van der Waals surface area contributed by atoms with E-state index in [-0.39, 0.29) is 15.8 Å². The van der Waals surface area contributed by atoms with Crippen LogP contribution in [0.2, 0.25) is 0 Å². The van der Waals surface area contributed by atoms with Crippen molar-refractivity contribution < 1.29 is 16.8 Å². The molecule has 5 nitrogen and oxygen atoms in total. The monoisotopic (exact) mass is 317 g/mol. The molecule has 0 aromatic heterocycles. The van der Waals surface area contributed by atoms with Gasteiger partial charge in [-0.3, -0.25) is 0 Å².